The lowest BCUT2D eigenvalue weighted by Crippen LogP contribution is -2.47. The van der Waals surface area contributed by atoms with Gasteiger partial charge in [0.05, 0.1) is 6.33 Å². The molecule has 6 heteroatoms. The molecular weight excluding hydrogens is 207 g/mol. The summed E-state index contributed by atoms with van der Waals surface area (Å²) < 4.78 is 0. The van der Waals surface area contributed by atoms with Crippen LogP contribution in [0.3, 0.4) is 0 Å². The predicted molar refractivity (Wildman–Crippen MR) is 62.1 cm³/mol. The second-order valence-corrected chi connectivity index (χ2v) is 4.32. The summed E-state index contributed by atoms with van der Waals surface area (Å²) in [5.74, 6) is 0.798. The fraction of sp³-hybridized carbons (Fsp3) is 0.556. The van der Waals surface area contributed by atoms with Crippen LogP contribution < -0.4 is 10.5 Å². The molecule has 1 aliphatic rings. The topological polar surface area (TPSA) is 52.2 Å². The van der Waals surface area contributed by atoms with E-state index in [0.29, 0.717) is 0 Å². The first-order valence-corrected chi connectivity index (χ1v) is 6.73. The van der Waals surface area contributed by atoms with Crippen LogP contribution in [-0.2, 0) is 0 Å². The Kier molecular flexibility index (Phi) is 3.42. The number of aromatic amines is 1. The van der Waals surface area contributed by atoms with Gasteiger partial charge in [-0.25, -0.2) is 4.98 Å². The molecule has 15 heavy (non-hydrogen) atoms. The van der Waals surface area contributed by atoms with E-state index in [9.17, 15) is 4.79 Å². The van der Waals surface area contributed by atoms with E-state index in [1.165, 1.54) is 28.0 Å². The lowest BCUT2D eigenvalue weighted by molar-refractivity contribution is 0.297. The summed E-state index contributed by atoms with van der Waals surface area (Å²) >= 11 is 1.23. The maximum atomic E-state index is 11.1. The molecule has 5 nitrogen and oxygen atoms in total. The SMILES string of the molecule is O=c1cc(N2CCN([CH2][AlH2])CC2)nc[nH]1. The zero-order valence-electron chi connectivity index (χ0n) is 8.94. The molecule has 1 aliphatic heterocycles. The fourth-order valence-electron chi connectivity index (χ4n) is 1.82. The smallest absolute Gasteiger partial charge is 0.252 e. The van der Waals surface area contributed by atoms with E-state index in [1.807, 2.05) is 0 Å². The van der Waals surface area contributed by atoms with E-state index in [1.54, 1.807) is 6.07 Å². The summed E-state index contributed by atoms with van der Waals surface area (Å²) in [6.45, 7) is 4.10. The minimum absolute atomic E-state index is 0.0784. The first kappa shape index (κ1) is 10.7. The fourth-order valence-corrected chi connectivity index (χ4v) is 2.46. The quantitative estimate of drug-likeness (QED) is 0.618. The van der Waals surface area contributed by atoms with Gasteiger partial charge in [-0.15, -0.1) is 0 Å². The average molecular weight is 222 g/mol. The Morgan fingerprint density at radius 2 is 2.13 bits per heavy atom. The molecular formula is C9H15AlN4O. The second-order valence-electron chi connectivity index (χ2n) is 3.69. The van der Waals surface area contributed by atoms with E-state index >= 15 is 0 Å². The molecule has 0 spiro atoms. The standard InChI is InChI=1S/C9H13N4O.Al.2H/c1-12-2-4-13(5-3-12)8-6-9(14)11-7-10-8;;;/h6-7H,1-5H2,(H,10,11,14);;;. The molecule has 1 fully saturated rings. The zero-order valence-corrected chi connectivity index (χ0v) is 10.9. The van der Waals surface area contributed by atoms with Gasteiger partial charge in [0.2, 0.25) is 16.3 Å². The number of nitrogens with zero attached hydrogens (tertiary/aromatic N) is 3. The Morgan fingerprint density at radius 1 is 1.40 bits per heavy atom. The van der Waals surface area contributed by atoms with Crippen LogP contribution in [0.2, 0.25) is 0 Å². The van der Waals surface area contributed by atoms with E-state index in [0.717, 1.165) is 32.0 Å². The molecule has 80 valence electrons. The van der Waals surface area contributed by atoms with E-state index in [-0.39, 0.29) is 5.56 Å². The Labute approximate surface area is 96.5 Å². The summed E-state index contributed by atoms with van der Waals surface area (Å²) in [7, 11) is 0. The van der Waals surface area contributed by atoms with Gasteiger partial charge in [-0.2, -0.15) is 0 Å². The van der Waals surface area contributed by atoms with Gasteiger partial charge in [-0.3, -0.25) is 4.79 Å². The molecule has 0 aliphatic carbocycles. The van der Waals surface area contributed by atoms with Crippen molar-refractivity contribution in [2.75, 3.05) is 36.5 Å². The molecule has 1 aromatic rings. The molecule has 0 unspecified atom stereocenters. The van der Waals surface area contributed by atoms with Crippen LogP contribution in [0.1, 0.15) is 0 Å². The minimum Gasteiger partial charge on any atom is -0.354 e. The molecule has 2 heterocycles. The largest absolute Gasteiger partial charge is 0.354 e. The highest BCUT2D eigenvalue weighted by Crippen LogP contribution is 2.09. The molecule has 1 N–H and O–H groups in total. The van der Waals surface area contributed by atoms with Gasteiger partial charge in [0.15, 0.2) is 0 Å². The van der Waals surface area contributed by atoms with Crippen LogP contribution in [0.15, 0.2) is 17.2 Å². The Balaban J connectivity index is 2.04. The maximum absolute atomic E-state index is 11.1. The average Bonchev–Trinajstić information content (AvgIpc) is 2.29. The minimum atomic E-state index is -0.0784. The van der Waals surface area contributed by atoms with E-state index in [4.69, 9.17) is 0 Å². The van der Waals surface area contributed by atoms with Crippen LogP contribution in [0.5, 0.6) is 0 Å². The van der Waals surface area contributed by atoms with Gasteiger partial charge in [0.25, 0.3) is 5.56 Å². The first-order chi connectivity index (χ1) is 7.29. The third-order valence-corrected chi connectivity index (χ3v) is 3.70. The van der Waals surface area contributed by atoms with Crippen molar-refractivity contribution < 1.29 is 0 Å². The van der Waals surface area contributed by atoms with Gasteiger partial charge in [-0.1, -0.05) is 5.41 Å². The molecule has 0 saturated carbocycles. The van der Waals surface area contributed by atoms with Crippen LogP contribution in [0, 0.1) is 0 Å². The molecule has 0 aromatic carbocycles. The highest BCUT2D eigenvalue weighted by Gasteiger charge is 2.16. The second kappa shape index (κ2) is 4.80. The van der Waals surface area contributed by atoms with E-state index < -0.39 is 0 Å². The number of piperazine rings is 1. The van der Waals surface area contributed by atoms with Crippen LogP contribution in [0.25, 0.3) is 0 Å². The van der Waals surface area contributed by atoms with Gasteiger partial charge < -0.3 is 14.8 Å². The van der Waals surface area contributed by atoms with Crippen molar-refractivity contribution >= 4 is 22.1 Å². The van der Waals surface area contributed by atoms with Crippen LogP contribution >= 0.6 is 0 Å². The molecule has 0 amide bonds. The van der Waals surface area contributed by atoms with Gasteiger partial charge in [0.1, 0.15) is 5.82 Å². The van der Waals surface area contributed by atoms with Gasteiger partial charge >= 0.3 is 0 Å². The Hall–Kier alpha value is -0.828. The van der Waals surface area contributed by atoms with Crippen molar-refractivity contribution in [3.8, 4) is 0 Å². The molecule has 2 rings (SSSR count). The number of hydrogen-bond donors (Lipinski definition) is 1. The molecule has 1 aromatic heterocycles. The molecule has 0 bridgehead atoms. The molecule has 1 saturated heterocycles. The zero-order chi connectivity index (χ0) is 10.7. The van der Waals surface area contributed by atoms with Crippen LogP contribution in [-0.4, -0.2) is 62.7 Å². The van der Waals surface area contributed by atoms with Crippen molar-refractivity contribution in [1.82, 2.24) is 14.9 Å². The first-order valence-electron chi connectivity index (χ1n) is 5.31. The monoisotopic (exact) mass is 222 g/mol. The summed E-state index contributed by atoms with van der Waals surface area (Å²) in [5, 5.41) is 1.23. The third kappa shape index (κ3) is 2.59. The van der Waals surface area contributed by atoms with Crippen LogP contribution in [0.4, 0.5) is 5.82 Å². The van der Waals surface area contributed by atoms with Crippen molar-refractivity contribution in [3.63, 3.8) is 0 Å². The summed E-state index contributed by atoms with van der Waals surface area (Å²) in [4.78, 5) is 22.5. The van der Waals surface area contributed by atoms with Crippen molar-refractivity contribution in [3.05, 3.63) is 22.7 Å². The Morgan fingerprint density at radius 3 is 2.73 bits per heavy atom. The number of nitrogens with one attached hydrogen (secondary N) is 1. The highest BCUT2D eigenvalue weighted by atomic mass is 27.0. The highest BCUT2D eigenvalue weighted by molar-refractivity contribution is 6.08. The van der Waals surface area contributed by atoms with Crippen molar-refractivity contribution in [1.29, 1.82) is 0 Å². The number of anilines is 1. The normalized spacial score (nSPS) is 18.0. The summed E-state index contributed by atoms with van der Waals surface area (Å²) in [5.41, 5.74) is -0.0784. The van der Waals surface area contributed by atoms with Gasteiger partial charge in [-0.05, 0) is 0 Å². The lowest BCUT2D eigenvalue weighted by atomic mass is 10.3. The number of rotatable bonds is 2. The number of aromatic nitrogens is 2. The summed E-state index contributed by atoms with van der Waals surface area (Å²) in [6, 6.07) is 1.57. The summed E-state index contributed by atoms with van der Waals surface area (Å²) in [6.07, 6.45) is 1.47. The Bertz CT molecular complexity index is 372. The lowest BCUT2D eigenvalue weighted by Gasteiger charge is -2.34. The number of H-pyrrole nitrogens is 1. The predicted octanol–water partition coefficient (Wildman–Crippen LogP) is -1.52. The molecule has 0 radical (unpaired) electrons. The van der Waals surface area contributed by atoms with Gasteiger partial charge in [0, 0.05) is 32.2 Å². The maximum Gasteiger partial charge on any atom is 0.252 e. The number of hydrogen-bond acceptors (Lipinski definition) is 4. The molecule has 0 atom stereocenters. The van der Waals surface area contributed by atoms with Crippen molar-refractivity contribution in [2.24, 2.45) is 0 Å². The van der Waals surface area contributed by atoms with E-state index in [2.05, 4.69) is 19.8 Å². The third-order valence-electron chi connectivity index (χ3n) is 2.81. The van der Waals surface area contributed by atoms with Crippen molar-refractivity contribution in [2.45, 2.75) is 0 Å².